The maximum absolute atomic E-state index is 11.9. The topological polar surface area (TPSA) is 104 Å². The third kappa shape index (κ3) is 2.78. The molecule has 1 heterocycles. The summed E-state index contributed by atoms with van der Waals surface area (Å²) in [6.07, 6.45) is 1.41. The number of esters is 1. The predicted octanol–water partition coefficient (Wildman–Crippen LogP) is 2.64. The van der Waals surface area contributed by atoms with Gasteiger partial charge in [0, 0.05) is 16.6 Å². The number of carbonyl (C=O) groups excluding carboxylic acids is 1. The van der Waals surface area contributed by atoms with Crippen molar-refractivity contribution in [2.24, 2.45) is 0 Å². The summed E-state index contributed by atoms with van der Waals surface area (Å²) in [5.74, 6) is -0.165. The highest BCUT2D eigenvalue weighted by Gasteiger charge is 2.15. The van der Waals surface area contributed by atoms with Gasteiger partial charge in [0.05, 0.1) is 18.5 Å². The number of hydrogen-bond acceptors (Lipinski definition) is 6. The van der Waals surface area contributed by atoms with Crippen molar-refractivity contribution in [2.75, 3.05) is 18.1 Å². The molecule has 0 amide bonds. The Morgan fingerprint density at radius 3 is 2.78 bits per heavy atom. The van der Waals surface area contributed by atoms with E-state index in [0.717, 1.165) is 16.3 Å². The van der Waals surface area contributed by atoms with Crippen LogP contribution in [0.5, 0.6) is 0 Å². The molecule has 6 heteroatoms. The highest BCUT2D eigenvalue weighted by molar-refractivity contribution is 5.96. The van der Waals surface area contributed by atoms with Crippen LogP contribution in [-0.4, -0.2) is 22.5 Å². The minimum atomic E-state index is -0.561. The smallest absolute Gasteiger partial charge is 0.359 e. The Bertz CT molecular complexity index is 893. The van der Waals surface area contributed by atoms with Crippen LogP contribution in [0.4, 0.5) is 11.4 Å². The molecule has 0 fully saturated rings. The van der Waals surface area contributed by atoms with Crippen LogP contribution in [-0.2, 0) is 4.74 Å². The lowest BCUT2D eigenvalue weighted by molar-refractivity contribution is 0.0521. The molecule has 0 atom stereocenters. The SMILES string of the molecule is CCOC(=O)c1nc(-c2ccc3cccc(N)c3c2)ncc1N. The van der Waals surface area contributed by atoms with Crippen LogP contribution in [0.15, 0.2) is 42.6 Å². The van der Waals surface area contributed by atoms with E-state index in [1.807, 2.05) is 36.4 Å². The van der Waals surface area contributed by atoms with Gasteiger partial charge in [0.15, 0.2) is 11.5 Å². The summed E-state index contributed by atoms with van der Waals surface area (Å²) in [4.78, 5) is 20.4. The van der Waals surface area contributed by atoms with Crippen molar-refractivity contribution in [1.82, 2.24) is 9.97 Å². The molecule has 0 aliphatic carbocycles. The van der Waals surface area contributed by atoms with Gasteiger partial charge in [-0.05, 0) is 24.4 Å². The molecule has 0 aliphatic rings. The van der Waals surface area contributed by atoms with Crippen LogP contribution in [0.1, 0.15) is 17.4 Å². The van der Waals surface area contributed by atoms with E-state index in [1.165, 1.54) is 6.20 Å². The van der Waals surface area contributed by atoms with E-state index >= 15 is 0 Å². The van der Waals surface area contributed by atoms with Gasteiger partial charge in [-0.2, -0.15) is 0 Å². The van der Waals surface area contributed by atoms with Crippen LogP contribution in [0.25, 0.3) is 22.2 Å². The number of nitrogen functional groups attached to an aromatic ring is 2. The molecule has 0 unspecified atom stereocenters. The number of ether oxygens (including phenoxy) is 1. The number of rotatable bonds is 3. The zero-order valence-corrected chi connectivity index (χ0v) is 12.6. The standard InChI is InChI=1S/C17H16N4O2/c1-2-23-17(22)15-14(19)9-20-16(21-15)11-7-6-10-4-3-5-13(18)12(10)8-11/h3-9H,2,18-19H2,1H3. The van der Waals surface area contributed by atoms with Gasteiger partial charge in [-0.15, -0.1) is 0 Å². The number of fused-ring (bicyclic) bond motifs is 1. The van der Waals surface area contributed by atoms with Crippen molar-refractivity contribution in [3.05, 3.63) is 48.3 Å². The summed E-state index contributed by atoms with van der Waals surface area (Å²) in [5, 5.41) is 1.93. The molecule has 23 heavy (non-hydrogen) atoms. The van der Waals surface area contributed by atoms with Crippen molar-refractivity contribution < 1.29 is 9.53 Å². The van der Waals surface area contributed by atoms with Crippen LogP contribution >= 0.6 is 0 Å². The minimum Gasteiger partial charge on any atom is -0.461 e. The summed E-state index contributed by atoms with van der Waals surface area (Å²) in [6.45, 7) is 1.98. The Kier molecular flexibility index (Phi) is 3.80. The molecular weight excluding hydrogens is 292 g/mol. The molecular formula is C17H16N4O2. The van der Waals surface area contributed by atoms with E-state index in [2.05, 4.69) is 9.97 Å². The Morgan fingerprint density at radius 1 is 1.17 bits per heavy atom. The number of nitrogens with two attached hydrogens (primary N) is 2. The summed E-state index contributed by atoms with van der Waals surface area (Å²) in [6, 6.07) is 11.4. The lowest BCUT2D eigenvalue weighted by Crippen LogP contribution is -2.11. The first-order valence-electron chi connectivity index (χ1n) is 7.18. The van der Waals surface area contributed by atoms with E-state index < -0.39 is 5.97 Å². The average Bonchev–Trinajstić information content (AvgIpc) is 2.55. The summed E-state index contributed by atoms with van der Waals surface area (Å²) in [5.41, 5.74) is 13.5. The van der Waals surface area contributed by atoms with Crippen molar-refractivity contribution in [2.45, 2.75) is 6.92 Å². The molecule has 3 rings (SSSR count). The Morgan fingerprint density at radius 2 is 2.00 bits per heavy atom. The molecule has 0 saturated carbocycles. The monoisotopic (exact) mass is 308 g/mol. The zero-order chi connectivity index (χ0) is 16.4. The third-order valence-corrected chi connectivity index (χ3v) is 3.46. The van der Waals surface area contributed by atoms with Crippen molar-refractivity contribution in [3.63, 3.8) is 0 Å². The third-order valence-electron chi connectivity index (χ3n) is 3.46. The molecule has 0 saturated heterocycles. The predicted molar refractivity (Wildman–Crippen MR) is 89.8 cm³/mol. The number of carbonyl (C=O) groups is 1. The molecule has 2 aromatic carbocycles. The Hall–Kier alpha value is -3.15. The lowest BCUT2D eigenvalue weighted by Gasteiger charge is -2.08. The van der Waals surface area contributed by atoms with Crippen LogP contribution in [0.3, 0.4) is 0 Å². The Labute approximate surface area is 133 Å². The average molecular weight is 308 g/mol. The van der Waals surface area contributed by atoms with E-state index in [0.29, 0.717) is 11.5 Å². The molecule has 0 bridgehead atoms. The van der Waals surface area contributed by atoms with Gasteiger partial charge < -0.3 is 16.2 Å². The van der Waals surface area contributed by atoms with Crippen LogP contribution in [0, 0.1) is 0 Å². The highest BCUT2D eigenvalue weighted by Crippen LogP contribution is 2.26. The van der Waals surface area contributed by atoms with Crippen molar-refractivity contribution in [3.8, 4) is 11.4 Å². The number of aromatic nitrogens is 2. The molecule has 116 valence electrons. The van der Waals surface area contributed by atoms with E-state index in [9.17, 15) is 4.79 Å². The maximum atomic E-state index is 11.9. The van der Waals surface area contributed by atoms with Gasteiger partial charge in [0.1, 0.15) is 0 Å². The van der Waals surface area contributed by atoms with Crippen molar-refractivity contribution >= 4 is 28.1 Å². The quantitative estimate of drug-likeness (QED) is 0.569. The summed E-state index contributed by atoms with van der Waals surface area (Å²) >= 11 is 0. The second kappa shape index (κ2) is 5.92. The number of anilines is 2. The Balaban J connectivity index is 2.10. The highest BCUT2D eigenvalue weighted by atomic mass is 16.5. The van der Waals surface area contributed by atoms with Gasteiger partial charge in [-0.3, -0.25) is 0 Å². The summed E-state index contributed by atoms with van der Waals surface area (Å²) < 4.78 is 4.96. The molecule has 6 nitrogen and oxygen atoms in total. The first-order valence-corrected chi connectivity index (χ1v) is 7.18. The number of nitrogens with zero attached hydrogens (tertiary/aromatic N) is 2. The fraction of sp³-hybridized carbons (Fsp3) is 0.118. The molecule has 0 spiro atoms. The second-order valence-corrected chi connectivity index (χ2v) is 5.00. The lowest BCUT2D eigenvalue weighted by atomic mass is 10.0. The normalized spacial score (nSPS) is 10.7. The summed E-state index contributed by atoms with van der Waals surface area (Å²) in [7, 11) is 0. The fourth-order valence-electron chi connectivity index (χ4n) is 2.33. The van der Waals surface area contributed by atoms with E-state index in [4.69, 9.17) is 16.2 Å². The van der Waals surface area contributed by atoms with Crippen molar-refractivity contribution in [1.29, 1.82) is 0 Å². The van der Waals surface area contributed by atoms with Gasteiger partial charge in [0.25, 0.3) is 0 Å². The van der Waals surface area contributed by atoms with Gasteiger partial charge in [-0.1, -0.05) is 24.3 Å². The maximum Gasteiger partial charge on any atom is 0.359 e. The van der Waals surface area contributed by atoms with E-state index in [1.54, 1.807) is 6.92 Å². The molecule has 3 aromatic rings. The van der Waals surface area contributed by atoms with Crippen LogP contribution < -0.4 is 11.5 Å². The number of benzene rings is 2. The first kappa shape index (κ1) is 14.8. The largest absolute Gasteiger partial charge is 0.461 e. The zero-order valence-electron chi connectivity index (χ0n) is 12.6. The molecule has 1 aromatic heterocycles. The van der Waals surface area contributed by atoms with Gasteiger partial charge >= 0.3 is 5.97 Å². The van der Waals surface area contributed by atoms with E-state index in [-0.39, 0.29) is 18.0 Å². The molecule has 4 N–H and O–H groups in total. The van der Waals surface area contributed by atoms with Gasteiger partial charge in [0.2, 0.25) is 0 Å². The minimum absolute atomic E-state index is 0.0676. The van der Waals surface area contributed by atoms with Gasteiger partial charge in [-0.25, -0.2) is 14.8 Å². The van der Waals surface area contributed by atoms with Crippen LogP contribution in [0.2, 0.25) is 0 Å². The molecule has 0 radical (unpaired) electrons. The molecule has 0 aliphatic heterocycles. The second-order valence-electron chi connectivity index (χ2n) is 5.00. The first-order chi connectivity index (χ1) is 11.1. The fourth-order valence-corrected chi connectivity index (χ4v) is 2.33. The number of hydrogen-bond donors (Lipinski definition) is 2.